The molecule has 1 aliphatic rings. The summed E-state index contributed by atoms with van der Waals surface area (Å²) in [6.07, 6.45) is 0. The van der Waals surface area contributed by atoms with Crippen molar-refractivity contribution in [2.45, 2.75) is 6.04 Å². The summed E-state index contributed by atoms with van der Waals surface area (Å²) < 4.78 is 18.7. The Morgan fingerprint density at radius 1 is 0.867 bits per heavy atom. The molecular weight excluding hydrogens is 379 g/mol. The van der Waals surface area contributed by atoms with Gasteiger partial charge in [-0.25, -0.2) is 4.39 Å². The van der Waals surface area contributed by atoms with E-state index < -0.39 is 0 Å². The minimum Gasteiger partial charge on any atom is -0.497 e. The lowest BCUT2D eigenvalue weighted by molar-refractivity contribution is 0.0597. The van der Waals surface area contributed by atoms with Crippen molar-refractivity contribution in [1.29, 1.82) is 0 Å². The van der Waals surface area contributed by atoms with Crippen molar-refractivity contribution in [1.82, 2.24) is 9.80 Å². The first-order chi connectivity index (χ1) is 14.7. The van der Waals surface area contributed by atoms with Gasteiger partial charge >= 0.3 is 0 Å². The minimum atomic E-state index is -0.237. The second-order valence-corrected chi connectivity index (χ2v) is 7.42. The Labute approximate surface area is 176 Å². The predicted octanol–water partition coefficient (Wildman–Crippen LogP) is 4.38. The van der Waals surface area contributed by atoms with Gasteiger partial charge in [0, 0.05) is 31.7 Å². The quantitative estimate of drug-likeness (QED) is 0.633. The predicted molar refractivity (Wildman–Crippen MR) is 115 cm³/mol. The van der Waals surface area contributed by atoms with Crippen molar-refractivity contribution in [3.05, 3.63) is 101 Å². The van der Waals surface area contributed by atoms with E-state index in [1.54, 1.807) is 13.2 Å². The highest BCUT2D eigenvalue weighted by Gasteiger charge is 2.28. The summed E-state index contributed by atoms with van der Waals surface area (Å²) in [6, 6.07) is 24.2. The number of rotatable bonds is 5. The van der Waals surface area contributed by atoms with Crippen LogP contribution >= 0.6 is 0 Å². The lowest BCUT2D eigenvalue weighted by Gasteiger charge is -2.39. The summed E-state index contributed by atoms with van der Waals surface area (Å²) >= 11 is 0. The van der Waals surface area contributed by atoms with Crippen LogP contribution in [0.5, 0.6) is 5.75 Å². The van der Waals surface area contributed by atoms with E-state index in [0.717, 1.165) is 24.2 Å². The summed E-state index contributed by atoms with van der Waals surface area (Å²) in [7, 11) is 1.60. The third kappa shape index (κ3) is 4.36. The molecule has 0 bridgehead atoms. The van der Waals surface area contributed by atoms with Crippen LogP contribution in [0.15, 0.2) is 78.9 Å². The zero-order valence-electron chi connectivity index (χ0n) is 17.0. The van der Waals surface area contributed by atoms with Crippen molar-refractivity contribution in [2.24, 2.45) is 0 Å². The van der Waals surface area contributed by atoms with Gasteiger partial charge in [0.2, 0.25) is 0 Å². The number of halogens is 1. The Morgan fingerprint density at radius 3 is 2.20 bits per heavy atom. The molecule has 0 N–H and O–H groups in total. The van der Waals surface area contributed by atoms with Gasteiger partial charge in [-0.05, 0) is 41.5 Å². The number of amides is 1. The summed E-state index contributed by atoms with van der Waals surface area (Å²) in [5.74, 6) is 0.464. The third-order valence-corrected chi connectivity index (χ3v) is 5.58. The molecular formula is C25H25FN2O2. The van der Waals surface area contributed by atoms with Crippen LogP contribution < -0.4 is 4.74 Å². The van der Waals surface area contributed by atoms with E-state index in [0.29, 0.717) is 24.4 Å². The highest BCUT2D eigenvalue weighted by atomic mass is 19.1. The molecule has 1 unspecified atom stereocenters. The fraction of sp³-hybridized carbons (Fsp3) is 0.240. The number of benzene rings is 3. The maximum absolute atomic E-state index is 13.5. The van der Waals surface area contributed by atoms with Crippen molar-refractivity contribution in [3.8, 4) is 5.75 Å². The van der Waals surface area contributed by atoms with Crippen molar-refractivity contribution in [2.75, 3.05) is 33.3 Å². The van der Waals surface area contributed by atoms with Gasteiger partial charge in [0.25, 0.3) is 5.91 Å². The summed E-state index contributed by atoms with van der Waals surface area (Å²) in [5, 5.41) is 0. The zero-order chi connectivity index (χ0) is 20.9. The van der Waals surface area contributed by atoms with Gasteiger partial charge in [0.1, 0.15) is 11.6 Å². The van der Waals surface area contributed by atoms with E-state index in [4.69, 9.17) is 4.74 Å². The molecule has 0 radical (unpaired) electrons. The van der Waals surface area contributed by atoms with Crippen molar-refractivity contribution in [3.63, 3.8) is 0 Å². The molecule has 30 heavy (non-hydrogen) atoms. The van der Waals surface area contributed by atoms with Crippen LogP contribution in [-0.4, -0.2) is 49.0 Å². The monoisotopic (exact) mass is 404 g/mol. The molecule has 4 nitrogen and oxygen atoms in total. The molecule has 4 rings (SSSR count). The van der Waals surface area contributed by atoms with Crippen LogP contribution in [0.3, 0.4) is 0 Å². The fourth-order valence-corrected chi connectivity index (χ4v) is 4.02. The lowest BCUT2D eigenvalue weighted by atomic mass is 9.96. The molecule has 154 valence electrons. The van der Waals surface area contributed by atoms with Gasteiger partial charge in [-0.2, -0.15) is 0 Å². The number of methoxy groups -OCH3 is 1. The molecule has 1 heterocycles. The van der Waals surface area contributed by atoms with E-state index >= 15 is 0 Å². The van der Waals surface area contributed by atoms with Gasteiger partial charge in [-0.1, -0.05) is 48.5 Å². The van der Waals surface area contributed by atoms with E-state index in [9.17, 15) is 9.18 Å². The largest absolute Gasteiger partial charge is 0.497 e. The summed E-state index contributed by atoms with van der Waals surface area (Å²) in [6.45, 7) is 2.76. The SMILES string of the molecule is COc1cccc(C(=O)N2CCN(C(c3ccccc3)c3ccc(F)cc3)CC2)c1. The molecule has 3 aromatic carbocycles. The number of hydrogen-bond acceptors (Lipinski definition) is 3. The van der Waals surface area contributed by atoms with E-state index in [1.807, 2.05) is 53.4 Å². The van der Waals surface area contributed by atoms with Crippen LogP contribution in [0.2, 0.25) is 0 Å². The average molecular weight is 404 g/mol. The molecule has 1 saturated heterocycles. The van der Waals surface area contributed by atoms with Crippen LogP contribution in [0.25, 0.3) is 0 Å². The standard InChI is InChI=1S/C25H25FN2O2/c1-30-23-9-5-8-21(18-23)25(29)28-16-14-27(15-17-28)24(19-6-3-2-4-7-19)20-10-12-22(26)13-11-20/h2-13,18,24H,14-17H2,1H3. The van der Waals surface area contributed by atoms with Gasteiger partial charge in [0.05, 0.1) is 13.2 Å². The smallest absolute Gasteiger partial charge is 0.254 e. The molecule has 0 spiro atoms. The lowest BCUT2D eigenvalue weighted by Crippen LogP contribution is -2.49. The Balaban J connectivity index is 1.51. The second-order valence-electron chi connectivity index (χ2n) is 7.42. The van der Waals surface area contributed by atoms with Crippen LogP contribution in [0.4, 0.5) is 4.39 Å². The average Bonchev–Trinajstić information content (AvgIpc) is 2.81. The van der Waals surface area contributed by atoms with Crippen molar-refractivity contribution >= 4 is 5.91 Å². The molecule has 5 heteroatoms. The Kier molecular flexibility index (Phi) is 6.10. The van der Waals surface area contributed by atoms with Crippen LogP contribution in [0, 0.1) is 5.82 Å². The summed E-state index contributed by atoms with van der Waals surface area (Å²) in [5.41, 5.74) is 2.85. The highest BCUT2D eigenvalue weighted by Crippen LogP contribution is 2.30. The third-order valence-electron chi connectivity index (χ3n) is 5.58. The number of ether oxygens (including phenoxy) is 1. The molecule has 0 aliphatic carbocycles. The number of carbonyl (C=O) groups is 1. The van der Waals surface area contributed by atoms with E-state index in [1.165, 1.54) is 12.1 Å². The number of piperazine rings is 1. The van der Waals surface area contributed by atoms with Gasteiger partial charge in [-0.3, -0.25) is 9.69 Å². The molecule has 1 aliphatic heterocycles. The Bertz CT molecular complexity index is 984. The minimum absolute atomic E-state index is 0.0200. The summed E-state index contributed by atoms with van der Waals surface area (Å²) in [4.78, 5) is 17.2. The zero-order valence-corrected chi connectivity index (χ0v) is 17.0. The fourth-order valence-electron chi connectivity index (χ4n) is 4.02. The Morgan fingerprint density at radius 2 is 1.53 bits per heavy atom. The molecule has 0 aromatic heterocycles. The number of nitrogens with zero attached hydrogens (tertiary/aromatic N) is 2. The first-order valence-electron chi connectivity index (χ1n) is 10.1. The molecule has 1 amide bonds. The number of carbonyl (C=O) groups excluding carboxylic acids is 1. The normalized spacial score (nSPS) is 15.6. The van der Waals surface area contributed by atoms with E-state index in [-0.39, 0.29) is 17.8 Å². The first kappa shape index (κ1) is 20.1. The molecule has 0 saturated carbocycles. The van der Waals surface area contributed by atoms with Crippen molar-refractivity contribution < 1.29 is 13.9 Å². The maximum Gasteiger partial charge on any atom is 0.254 e. The van der Waals surface area contributed by atoms with Gasteiger partial charge in [-0.15, -0.1) is 0 Å². The molecule has 3 aromatic rings. The van der Waals surface area contributed by atoms with E-state index in [2.05, 4.69) is 17.0 Å². The number of hydrogen-bond donors (Lipinski definition) is 0. The second kappa shape index (κ2) is 9.09. The van der Waals surface area contributed by atoms with Gasteiger partial charge in [0.15, 0.2) is 0 Å². The Hall–Kier alpha value is -3.18. The van der Waals surface area contributed by atoms with Crippen LogP contribution in [0.1, 0.15) is 27.5 Å². The van der Waals surface area contributed by atoms with Gasteiger partial charge < -0.3 is 9.64 Å². The highest BCUT2D eigenvalue weighted by molar-refractivity contribution is 5.94. The molecule has 1 fully saturated rings. The molecule has 1 atom stereocenters. The topological polar surface area (TPSA) is 32.8 Å². The first-order valence-corrected chi connectivity index (χ1v) is 10.1. The van der Waals surface area contributed by atoms with Crippen LogP contribution in [-0.2, 0) is 0 Å². The maximum atomic E-state index is 13.5.